The van der Waals surface area contributed by atoms with Gasteiger partial charge in [-0.25, -0.2) is 4.79 Å². The van der Waals surface area contributed by atoms with Crippen LogP contribution in [0.5, 0.6) is 5.75 Å². The van der Waals surface area contributed by atoms with Crippen molar-refractivity contribution in [1.29, 1.82) is 0 Å². The Morgan fingerprint density at radius 2 is 1.57 bits per heavy atom. The van der Waals surface area contributed by atoms with Gasteiger partial charge < -0.3 is 14.8 Å². The minimum Gasteiger partial charge on any atom is -0.489 e. The first kappa shape index (κ1) is 24.6. The number of carbonyl (C=O) groups is 2. The molecule has 0 amide bonds. The minimum absolute atomic E-state index is 0.120. The van der Waals surface area contributed by atoms with Gasteiger partial charge in [0.15, 0.2) is 0 Å². The molecular weight excluding hydrogens is 462 g/mol. The average Bonchev–Trinajstić information content (AvgIpc) is 2.92. The van der Waals surface area contributed by atoms with Crippen LogP contribution in [0.15, 0.2) is 108 Å². The fourth-order valence-electron chi connectivity index (χ4n) is 5.21. The van der Waals surface area contributed by atoms with Crippen molar-refractivity contribution in [3.8, 4) is 5.75 Å². The number of Topliss-reactive ketones (excluding diaryl/α,β-unsaturated/α-hetero) is 1. The van der Waals surface area contributed by atoms with E-state index >= 15 is 0 Å². The highest BCUT2D eigenvalue weighted by atomic mass is 16.5. The number of fused-ring (bicyclic) bond motifs is 1. The molecule has 3 aromatic rings. The van der Waals surface area contributed by atoms with Crippen LogP contribution in [0, 0.1) is 5.92 Å². The lowest BCUT2D eigenvalue weighted by molar-refractivity contribution is -0.139. The van der Waals surface area contributed by atoms with Gasteiger partial charge in [-0.2, -0.15) is 0 Å². The first-order valence-electron chi connectivity index (χ1n) is 12.8. The van der Waals surface area contributed by atoms with Gasteiger partial charge in [-0.1, -0.05) is 84.9 Å². The number of rotatable bonds is 8. The minimum atomic E-state index is -0.489. The van der Waals surface area contributed by atoms with Crippen molar-refractivity contribution < 1.29 is 19.1 Å². The number of allylic oxidation sites excluding steroid dienone is 3. The molecule has 2 unspecified atom stereocenters. The molecule has 3 aromatic carbocycles. The van der Waals surface area contributed by atoms with Gasteiger partial charge in [-0.3, -0.25) is 4.79 Å². The highest BCUT2D eigenvalue weighted by Crippen LogP contribution is 2.46. The zero-order chi connectivity index (χ0) is 25.6. The average molecular weight is 494 g/mol. The highest BCUT2D eigenvalue weighted by molar-refractivity contribution is 5.96. The van der Waals surface area contributed by atoms with Crippen LogP contribution in [0.3, 0.4) is 0 Å². The first-order chi connectivity index (χ1) is 18.1. The molecule has 0 bridgehead atoms. The third kappa shape index (κ3) is 5.51. The number of benzene rings is 3. The van der Waals surface area contributed by atoms with Crippen molar-refractivity contribution in [3.05, 3.63) is 125 Å². The molecular formula is C32H31NO4. The SMILES string of the molecule is CC1=C(C(=O)OCCc2ccccc2)C(c2ccccc2OCc2ccccc2)C2C(=O)CCC=C2N1. The molecule has 188 valence electrons. The van der Waals surface area contributed by atoms with Gasteiger partial charge in [0.1, 0.15) is 18.1 Å². The molecule has 0 radical (unpaired) electrons. The Morgan fingerprint density at radius 3 is 2.32 bits per heavy atom. The summed E-state index contributed by atoms with van der Waals surface area (Å²) in [5.41, 5.74) is 5.03. The van der Waals surface area contributed by atoms with Gasteiger partial charge in [0.2, 0.25) is 0 Å². The fraction of sp³-hybridized carbons (Fsp3) is 0.250. The Hall–Kier alpha value is -4.12. The lowest BCUT2D eigenvalue weighted by Gasteiger charge is -2.38. The van der Waals surface area contributed by atoms with Crippen molar-refractivity contribution in [2.45, 2.75) is 38.7 Å². The molecule has 0 fully saturated rings. The van der Waals surface area contributed by atoms with Crippen molar-refractivity contribution in [3.63, 3.8) is 0 Å². The third-order valence-corrected chi connectivity index (χ3v) is 6.99. The summed E-state index contributed by atoms with van der Waals surface area (Å²) in [5.74, 6) is -0.582. The zero-order valence-corrected chi connectivity index (χ0v) is 21.0. The summed E-state index contributed by atoms with van der Waals surface area (Å²) in [6.45, 7) is 2.54. The van der Waals surface area contributed by atoms with Crippen molar-refractivity contribution >= 4 is 11.8 Å². The molecule has 5 rings (SSSR count). The number of carbonyl (C=O) groups excluding carboxylic acids is 2. The normalized spacial score (nSPS) is 18.9. The van der Waals surface area contributed by atoms with Gasteiger partial charge >= 0.3 is 5.97 Å². The maximum atomic E-state index is 13.6. The summed E-state index contributed by atoms with van der Waals surface area (Å²) in [5, 5.41) is 3.34. The van der Waals surface area contributed by atoms with Crippen LogP contribution in [0.25, 0.3) is 0 Å². The number of para-hydroxylation sites is 1. The number of esters is 1. The van der Waals surface area contributed by atoms with Crippen molar-refractivity contribution in [2.24, 2.45) is 5.92 Å². The summed E-state index contributed by atoms with van der Waals surface area (Å²) in [6, 6.07) is 27.6. The van der Waals surface area contributed by atoms with E-state index in [1.54, 1.807) is 0 Å². The number of hydrogen-bond acceptors (Lipinski definition) is 5. The Bertz CT molecular complexity index is 1330. The van der Waals surface area contributed by atoms with Crippen LogP contribution < -0.4 is 10.1 Å². The Labute approximate surface area is 217 Å². The van der Waals surface area contributed by atoms with E-state index in [2.05, 4.69) is 11.4 Å². The molecule has 0 spiro atoms. The van der Waals surface area contributed by atoms with E-state index < -0.39 is 17.8 Å². The Balaban J connectivity index is 1.46. The lowest BCUT2D eigenvalue weighted by Crippen LogP contribution is -2.41. The number of nitrogens with one attached hydrogen (secondary N) is 1. The largest absolute Gasteiger partial charge is 0.489 e. The molecule has 5 heteroatoms. The lowest BCUT2D eigenvalue weighted by atomic mass is 9.71. The second kappa shape index (κ2) is 11.3. The van der Waals surface area contributed by atoms with Crippen LogP contribution >= 0.6 is 0 Å². The summed E-state index contributed by atoms with van der Waals surface area (Å²) in [4.78, 5) is 26.8. The zero-order valence-electron chi connectivity index (χ0n) is 21.0. The predicted octanol–water partition coefficient (Wildman–Crippen LogP) is 5.88. The molecule has 5 nitrogen and oxygen atoms in total. The van der Waals surface area contributed by atoms with Crippen LogP contribution in [0.2, 0.25) is 0 Å². The summed E-state index contributed by atoms with van der Waals surface area (Å²) < 4.78 is 12.1. The molecule has 1 N–H and O–H groups in total. The quantitative estimate of drug-likeness (QED) is 0.397. The predicted molar refractivity (Wildman–Crippen MR) is 143 cm³/mol. The van der Waals surface area contributed by atoms with E-state index in [0.29, 0.717) is 42.9 Å². The second-order valence-corrected chi connectivity index (χ2v) is 9.47. The third-order valence-electron chi connectivity index (χ3n) is 6.99. The van der Waals surface area contributed by atoms with Gasteiger partial charge in [0, 0.05) is 35.7 Å². The molecule has 1 aliphatic heterocycles. The maximum Gasteiger partial charge on any atom is 0.336 e. The molecule has 0 saturated heterocycles. The molecule has 0 saturated carbocycles. The number of ketones is 1. The Kier molecular flexibility index (Phi) is 7.50. The van der Waals surface area contributed by atoms with E-state index in [-0.39, 0.29) is 12.4 Å². The van der Waals surface area contributed by atoms with Crippen LogP contribution in [-0.4, -0.2) is 18.4 Å². The second-order valence-electron chi connectivity index (χ2n) is 9.47. The molecule has 1 heterocycles. The fourth-order valence-corrected chi connectivity index (χ4v) is 5.21. The van der Waals surface area contributed by atoms with E-state index in [0.717, 1.165) is 22.4 Å². The van der Waals surface area contributed by atoms with E-state index in [1.807, 2.05) is 91.9 Å². The number of hydrogen-bond donors (Lipinski definition) is 1. The summed E-state index contributed by atoms with van der Waals surface area (Å²) in [7, 11) is 0. The van der Waals surface area contributed by atoms with Crippen LogP contribution in [0.4, 0.5) is 0 Å². The van der Waals surface area contributed by atoms with E-state index in [1.165, 1.54) is 0 Å². The van der Waals surface area contributed by atoms with Gasteiger partial charge in [0.05, 0.1) is 18.1 Å². The van der Waals surface area contributed by atoms with Gasteiger partial charge in [-0.05, 0) is 30.5 Å². The van der Waals surface area contributed by atoms with E-state index in [9.17, 15) is 9.59 Å². The standard InChI is InChI=1S/C32H31NO4/c1-22-29(32(35)36-20-19-23-11-4-2-5-12-23)30(31-26(33-22)16-10-17-27(31)34)25-15-8-9-18-28(25)37-21-24-13-6-3-7-14-24/h2-9,11-16,18,30-31,33H,10,17,19-21H2,1H3. The van der Waals surface area contributed by atoms with Gasteiger partial charge in [-0.15, -0.1) is 0 Å². The topological polar surface area (TPSA) is 64.6 Å². The highest BCUT2D eigenvalue weighted by Gasteiger charge is 2.44. The maximum absolute atomic E-state index is 13.6. The van der Waals surface area contributed by atoms with Crippen molar-refractivity contribution in [1.82, 2.24) is 5.32 Å². The summed E-state index contributed by atoms with van der Waals surface area (Å²) in [6.07, 6.45) is 3.85. The summed E-state index contributed by atoms with van der Waals surface area (Å²) >= 11 is 0. The first-order valence-corrected chi connectivity index (χ1v) is 12.8. The van der Waals surface area contributed by atoms with Crippen LogP contribution in [-0.2, 0) is 27.4 Å². The number of ether oxygens (including phenoxy) is 2. The monoisotopic (exact) mass is 493 g/mol. The van der Waals surface area contributed by atoms with Crippen molar-refractivity contribution in [2.75, 3.05) is 6.61 Å². The molecule has 1 aliphatic carbocycles. The molecule has 37 heavy (non-hydrogen) atoms. The molecule has 2 aliphatic rings. The smallest absolute Gasteiger partial charge is 0.336 e. The molecule has 0 aromatic heterocycles. The van der Waals surface area contributed by atoms with Crippen LogP contribution in [0.1, 0.15) is 42.4 Å². The molecule has 2 atom stereocenters. The van der Waals surface area contributed by atoms with Gasteiger partial charge in [0.25, 0.3) is 0 Å². The Morgan fingerprint density at radius 1 is 0.892 bits per heavy atom. The van der Waals surface area contributed by atoms with E-state index in [4.69, 9.17) is 9.47 Å².